The van der Waals surface area contributed by atoms with E-state index < -0.39 is 25.6 Å². The van der Waals surface area contributed by atoms with Crippen molar-refractivity contribution in [2.45, 2.75) is 14.7 Å². The fraction of sp³-hybridized carbons (Fsp3) is 0.0500. The molecule has 156 valence electrons. The van der Waals surface area contributed by atoms with Gasteiger partial charge in [-0.25, -0.2) is 16.8 Å². The lowest BCUT2D eigenvalue weighted by atomic mass is 10.2. The van der Waals surface area contributed by atoms with E-state index in [0.717, 1.165) is 10.7 Å². The van der Waals surface area contributed by atoms with Crippen molar-refractivity contribution in [2.75, 3.05) is 11.6 Å². The van der Waals surface area contributed by atoms with E-state index in [0.29, 0.717) is 5.69 Å². The molecule has 3 rings (SSSR count). The second kappa shape index (κ2) is 8.50. The number of sulfone groups is 2. The summed E-state index contributed by atoms with van der Waals surface area (Å²) in [6, 6.07) is 15.8. The Kier molecular flexibility index (Phi) is 6.37. The second-order valence-electron chi connectivity index (χ2n) is 6.35. The molecular formula is C20H15BrClNO5S2. The first-order valence-electron chi connectivity index (χ1n) is 8.40. The molecule has 0 aliphatic rings. The average Bonchev–Trinajstić information content (AvgIpc) is 2.68. The number of carbonyl (C=O) groups excluding carboxylic acids is 1. The van der Waals surface area contributed by atoms with Crippen LogP contribution < -0.4 is 5.32 Å². The zero-order valence-electron chi connectivity index (χ0n) is 15.5. The normalized spacial score (nSPS) is 11.8. The molecule has 0 saturated heterocycles. The Morgan fingerprint density at radius 1 is 0.833 bits per heavy atom. The molecule has 0 spiro atoms. The molecule has 0 fully saturated rings. The fourth-order valence-electron chi connectivity index (χ4n) is 2.58. The molecule has 1 amide bonds. The van der Waals surface area contributed by atoms with Gasteiger partial charge in [0.1, 0.15) is 0 Å². The predicted molar refractivity (Wildman–Crippen MR) is 119 cm³/mol. The number of carbonyl (C=O) groups is 1. The summed E-state index contributed by atoms with van der Waals surface area (Å²) in [4.78, 5) is 12.7. The van der Waals surface area contributed by atoms with Gasteiger partial charge >= 0.3 is 0 Å². The maximum atomic E-state index is 12.7. The van der Waals surface area contributed by atoms with Gasteiger partial charge in [0.15, 0.2) is 9.84 Å². The van der Waals surface area contributed by atoms with Gasteiger partial charge in [-0.2, -0.15) is 0 Å². The molecule has 0 unspecified atom stereocenters. The highest BCUT2D eigenvalue weighted by Gasteiger charge is 2.18. The van der Waals surface area contributed by atoms with E-state index in [4.69, 9.17) is 11.6 Å². The molecule has 1 N–H and O–H groups in total. The highest BCUT2D eigenvalue weighted by atomic mass is 79.9. The average molecular weight is 529 g/mol. The van der Waals surface area contributed by atoms with Gasteiger partial charge in [0.05, 0.1) is 25.3 Å². The lowest BCUT2D eigenvalue weighted by Crippen LogP contribution is -2.13. The van der Waals surface area contributed by atoms with E-state index in [9.17, 15) is 21.6 Å². The summed E-state index contributed by atoms with van der Waals surface area (Å²) in [6.07, 6.45) is 1.04. The molecule has 0 aliphatic carbocycles. The molecule has 6 nitrogen and oxygen atoms in total. The number of anilines is 1. The fourth-order valence-corrected chi connectivity index (χ4v) is 5.08. The Labute approximate surface area is 187 Å². The Morgan fingerprint density at radius 3 is 1.83 bits per heavy atom. The van der Waals surface area contributed by atoms with E-state index in [1.807, 2.05) is 0 Å². The number of hydrogen-bond acceptors (Lipinski definition) is 5. The van der Waals surface area contributed by atoms with Gasteiger partial charge in [-0.3, -0.25) is 4.79 Å². The van der Waals surface area contributed by atoms with Crippen LogP contribution in [0, 0.1) is 0 Å². The van der Waals surface area contributed by atoms with Gasteiger partial charge in [-0.1, -0.05) is 27.5 Å². The van der Waals surface area contributed by atoms with Crippen LogP contribution in [0.5, 0.6) is 0 Å². The molecule has 0 saturated carbocycles. The van der Waals surface area contributed by atoms with Crippen molar-refractivity contribution < 1.29 is 21.6 Å². The van der Waals surface area contributed by atoms with Crippen LogP contribution in [0.25, 0.3) is 0 Å². The summed E-state index contributed by atoms with van der Waals surface area (Å²) < 4.78 is 49.3. The lowest BCUT2D eigenvalue weighted by Gasteiger charge is -2.09. The van der Waals surface area contributed by atoms with Gasteiger partial charge in [0.2, 0.25) is 9.84 Å². The second-order valence-corrected chi connectivity index (χ2v) is 11.6. The molecule has 10 heteroatoms. The van der Waals surface area contributed by atoms with Crippen LogP contribution in [-0.4, -0.2) is 29.0 Å². The van der Waals surface area contributed by atoms with Crippen LogP contribution in [0.15, 0.2) is 85.9 Å². The van der Waals surface area contributed by atoms with Crippen molar-refractivity contribution in [3.63, 3.8) is 0 Å². The van der Waals surface area contributed by atoms with Crippen molar-refractivity contribution in [1.29, 1.82) is 0 Å². The third kappa shape index (κ3) is 4.92. The van der Waals surface area contributed by atoms with Crippen LogP contribution >= 0.6 is 27.5 Å². The maximum Gasteiger partial charge on any atom is 0.257 e. The summed E-state index contributed by atoms with van der Waals surface area (Å²) in [6.45, 7) is 0. The van der Waals surface area contributed by atoms with Gasteiger partial charge < -0.3 is 5.32 Å². The smallest absolute Gasteiger partial charge is 0.257 e. The highest BCUT2D eigenvalue weighted by Crippen LogP contribution is 2.25. The molecule has 0 radical (unpaired) electrons. The van der Waals surface area contributed by atoms with E-state index in [1.165, 1.54) is 54.6 Å². The van der Waals surface area contributed by atoms with E-state index >= 15 is 0 Å². The largest absolute Gasteiger partial charge is 0.322 e. The Balaban J connectivity index is 1.80. The first-order valence-corrected chi connectivity index (χ1v) is 12.9. The molecule has 3 aromatic carbocycles. The van der Waals surface area contributed by atoms with Crippen molar-refractivity contribution in [3.8, 4) is 0 Å². The Bertz CT molecular complexity index is 1320. The molecule has 0 atom stereocenters. The Hall–Kier alpha value is -2.20. The summed E-state index contributed by atoms with van der Waals surface area (Å²) in [5.41, 5.74) is 0.452. The van der Waals surface area contributed by atoms with Gasteiger partial charge in [-0.05, 0) is 66.7 Å². The number of halogens is 2. The monoisotopic (exact) mass is 527 g/mol. The minimum atomic E-state index is -3.69. The van der Waals surface area contributed by atoms with Gasteiger partial charge in [0.25, 0.3) is 5.91 Å². The number of hydrogen-bond donors (Lipinski definition) is 1. The first-order chi connectivity index (χ1) is 14.0. The molecule has 0 bridgehead atoms. The molecule has 0 heterocycles. The van der Waals surface area contributed by atoms with Gasteiger partial charge in [0, 0.05) is 16.4 Å². The number of benzene rings is 3. The van der Waals surface area contributed by atoms with Crippen LogP contribution in [0.3, 0.4) is 0 Å². The predicted octanol–water partition coefficient (Wildman–Crippen LogP) is 4.59. The van der Waals surface area contributed by atoms with Crippen molar-refractivity contribution in [3.05, 3.63) is 81.8 Å². The summed E-state index contributed by atoms with van der Waals surface area (Å²) in [5.74, 6) is -0.552. The van der Waals surface area contributed by atoms with E-state index in [2.05, 4.69) is 21.2 Å². The highest BCUT2D eigenvalue weighted by molar-refractivity contribution is 9.10. The molecule has 30 heavy (non-hydrogen) atoms. The van der Waals surface area contributed by atoms with Crippen LogP contribution in [0.4, 0.5) is 5.69 Å². The summed E-state index contributed by atoms with van der Waals surface area (Å²) >= 11 is 9.32. The van der Waals surface area contributed by atoms with Crippen molar-refractivity contribution >= 4 is 58.8 Å². The van der Waals surface area contributed by atoms with E-state index in [1.54, 1.807) is 12.1 Å². The molecular weight excluding hydrogens is 514 g/mol. The summed E-state index contributed by atoms with van der Waals surface area (Å²) in [7, 11) is -7.14. The minimum Gasteiger partial charge on any atom is -0.322 e. The van der Waals surface area contributed by atoms with E-state index in [-0.39, 0.29) is 25.3 Å². The number of amides is 1. The molecule has 3 aromatic rings. The van der Waals surface area contributed by atoms with Gasteiger partial charge in [-0.15, -0.1) is 0 Å². The maximum absolute atomic E-state index is 12.7. The van der Waals surface area contributed by atoms with Crippen LogP contribution in [-0.2, 0) is 19.7 Å². The van der Waals surface area contributed by atoms with Crippen molar-refractivity contribution in [1.82, 2.24) is 0 Å². The topological polar surface area (TPSA) is 97.4 Å². The quantitative estimate of drug-likeness (QED) is 0.522. The minimum absolute atomic E-state index is 0.00607. The molecule has 0 aliphatic heterocycles. The zero-order chi connectivity index (χ0) is 22.1. The third-order valence-electron chi connectivity index (χ3n) is 4.16. The van der Waals surface area contributed by atoms with Crippen LogP contribution in [0.2, 0.25) is 5.02 Å². The zero-order valence-corrected chi connectivity index (χ0v) is 19.4. The first kappa shape index (κ1) is 22.5. The lowest BCUT2D eigenvalue weighted by molar-refractivity contribution is 0.102. The van der Waals surface area contributed by atoms with Crippen molar-refractivity contribution in [2.24, 2.45) is 0 Å². The number of nitrogens with one attached hydrogen (secondary N) is 1. The molecule has 0 aromatic heterocycles. The third-order valence-corrected chi connectivity index (χ3v) is 7.90. The SMILES string of the molecule is CS(=O)(=O)c1ccc(C(=O)Nc2ccc(S(=O)(=O)c3ccc(Br)cc3)cc2)c(Cl)c1. The van der Waals surface area contributed by atoms with Crippen LogP contribution in [0.1, 0.15) is 10.4 Å². The summed E-state index contributed by atoms with van der Waals surface area (Å²) in [5, 5.41) is 2.60. The standard InChI is InChI=1S/C20H15BrClNO5S2/c1-29(25,26)17-10-11-18(19(22)12-17)20(24)23-14-4-8-16(9-5-14)30(27,28)15-6-2-13(21)3-7-15/h2-12H,1H3,(H,23,24). The number of rotatable bonds is 5. The Morgan fingerprint density at radius 2 is 1.33 bits per heavy atom.